The summed E-state index contributed by atoms with van der Waals surface area (Å²) in [6.07, 6.45) is -1.07. The van der Waals surface area contributed by atoms with Crippen LogP contribution in [0.3, 0.4) is 0 Å². The number of nitrogens with one attached hydrogen (secondary N) is 1. The van der Waals surface area contributed by atoms with Crippen molar-refractivity contribution in [2.24, 2.45) is 0 Å². The van der Waals surface area contributed by atoms with Gasteiger partial charge in [-0.25, -0.2) is 8.78 Å². The number of carbonyl (C=O) groups excluding carboxylic acids is 1. The minimum Gasteiger partial charge on any atom is -0.351 e. The van der Waals surface area contributed by atoms with Gasteiger partial charge in [0.25, 0.3) is 6.43 Å². The number of amides is 1. The van der Waals surface area contributed by atoms with Gasteiger partial charge in [0, 0.05) is 12.2 Å². The van der Waals surface area contributed by atoms with E-state index in [1.807, 2.05) is 0 Å². The van der Waals surface area contributed by atoms with Crippen molar-refractivity contribution >= 4 is 5.91 Å². The molecule has 1 amide bonds. The molecule has 0 fully saturated rings. The first-order valence-electron chi connectivity index (χ1n) is 4.74. The molecule has 4 nitrogen and oxygen atoms in total. The molecule has 0 radical (unpaired) electrons. The van der Waals surface area contributed by atoms with Crippen LogP contribution in [-0.2, 0) is 11.3 Å². The molecule has 1 rings (SSSR count). The van der Waals surface area contributed by atoms with Crippen molar-refractivity contribution < 1.29 is 13.6 Å². The van der Waals surface area contributed by atoms with E-state index >= 15 is 0 Å². The predicted molar refractivity (Wildman–Crippen MR) is 55.1 cm³/mol. The minimum atomic E-state index is -2.61. The molecule has 0 saturated heterocycles. The lowest BCUT2D eigenvalue weighted by atomic mass is 10.4. The van der Waals surface area contributed by atoms with Crippen molar-refractivity contribution in [1.82, 2.24) is 15.1 Å². The van der Waals surface area contributed by atoms with Gasteiger partial charge in [-0.3, -0.25) is 9.48 Å². The molecule has 1 heterocycles. The molecule has 0 spiro atoms. The molecule has 0 aliphatic heterocycles. The van der Waals surface area contributed by atoms with E-state index < -0.39 is 6.43 Å². The summed E-state index contributed by atoms with van der Waals surface area (Å²) in [4.78, 5) is 11.3. The van der Waals surface area contributed by atoms with E-state index in [9.17, 15) is 13.6 Å². The number of aromatic nitrogens is 2. The van der Waals surface area contributed by atoms with Gasteiger partial charge in [0.2, 0.25) is 5.91 Å². The van der Waals surface area contributed by atoms with E-state index in [1.165, 1.54) is 10.7 Å². The number of alkyl halides is 2. The highest BCUT2D eigenvalue weighted by atomic mass is 19.3. The van der Waals surface area contributed by atoms with E-state index in [1.54, 1.807) is 13.0 Å². The van der Waals surface area contributed by atoms with Crippen LogP contribution in [0.5, 0.6) is 0 Å². The zero-order valence-electron chi connectivity index (χ0n) is 8.91. The SMILES string of the molecule is C=CCNC(=O)Cn1nc(C(F)F)cc1C. The van der Waals surface area contributed by atoms with Crippen LogP contribution in [0.4, 0.5) is 8.78 Å². The molecule has 0 aliphatic rings. The van der Waals surface area contributed by atoms with Crippen LogP contribution in [0.25, 0.3) is 0 Å². The van der Waals surface area contributed by atoms with Crippen LogP contribution in [0, 0.1) is 6.92 Å². The number of carbonyl (C=O) groups is 1. The third-order valence-corrected chi connectivity index (χ3v) is 1.96. The van der Waals surface area contributed by atoms with Crippen molar-refractivity contribution in [3.63, 3.8) is 0 Å². The Kier molecular flexibility index (Phi) is 4.16. The van der Waals surface area contributed by atoms with Crippen molar-refractivity contribution in [2.45, 2.75) is 19.9 Å². The Bertz CT molecular complexity index is 387. The summed E-state index contributed by atoms with van der Waals surface area (Å²) in [6.45, 7) is 5.36. The van der Waals surface area contributed by atoms with E-state index in [0.717, 1.165) is 0 Å². The van der Waals surface area contributed by atoms with Gasteiger partial charge in [-0.1, -0.05) is 6.08 Å². The lowest BCUT2D eigenvalue weighted by molar-refractivity contribution is -0.121. The molecule has 1 aromatic rings. The van der Waals surface area contributed by atoms with Gasteiger partial charge in [0.05, 0.1) is 0 Å². The summed E-state index contributed by atoms with van der Waals surface area (Å²) in [5.74, 6) is -0.285. The first-order chi connectivity index (χ1) is 7.54. The number of aryl methyl sites for hydroxylation is 1. The molecule has 1 N–H and O–H groups in total. The van der Waals surface area contributed by atoms with Gasteiger partial charge in [0.15, 0.2) is 0 Å². The number of nitrogens with zero attached hydrogens (tertiary/aromatic N) is 2. The number of halogens is 2. The molecule has 1 aromatic heterocycles. The molecule has 0 bridgehead atoms. The van der Waals surface area contributed by atoms with E-state index in [4.69, 9.17) is 0 Å². The van der Waals surface area contributed by atoms with E-state index in [2.05, 4.69) is 17.0 Å². The Hall–Kier alpha value is -1.72. The number of rotatable bonds is 5. The molecular weight excluding hydrogens is 216 g/mol. The summed E-state index contributed by atoms with van der Waals surface area (Å²) in [7, 11) is 0. The first-order valence-corrected chi connectivity index (χ1v) is 4.74. The smallest absolute Gasteiger partial charge is 0.282 e. The van der Waals surface area contributed by atoms with Crippen LogP contribution in [0.2, 0.25) is 0 Å². The molecule has 6 heteroatoms. The Balaban J connectivity index is 2.66. The minimum absolute atomic E-state index is 0.0631. The highest BCUT2D eigenvalue weighted by Crippen LogP contribution is 2.17. The van der Waals surface area contributed by atoms with Crippen molar-refractivity contribution in [2.75, 3.05) is 6.54 Å². The third kappa shape index (κ3) is 3.15. The molecule has 16 heavy (non-hydrogen) atoms. The fourth-order valence-corrected chi connectivity index (χ4v) is 1.18. The average molecular weight is 229 g/mol. The van der Waals surface area contributed by atoms with E-state index in [0.29, 0.717) is 12.2 Å². The Labute approximate surface area is 91.9 Å². The van der Waals surface area contributed by atoms with Gasteiger partial charge in [-0.2, -0.15) is 5.10 Å². The second-order valence-electron chi connectivity index (χ2n) is 3.26. The topological polar surface area (TPSA) is 46.9 Å². The van der Waals surface area contributed by atoms with Crippen LogP contribution in [0.1, 0.15) is 17.8 Å². The number of hydrogen-bond acceptors (Lipinski definition) is 2. The Morgan fingerprint density at radius 3 is 2.94 bits per heavy atom. The maximum atomic E-state index is 12.3. The Morgan fingerprint density at radius 1 is 1.75 bits per heavy atom. The predicted octanol–water partition coefficient (Wildman–Crippen LogP) is 1.43. The summed E-state index contributed by atoms with van der Waals surface area (Å²) in [5.41, 5.74) is 0.220. The van der Waals surface area contributed by atoms with Crippen LogP contribution in [-0.4, -0.2) is 22.2 Å². The zero-order valence-corrected chi connectivity index (χ0v) is 8.91. The Morgan fingerprint density at radius 2 is 2.44 bits per heavy atom. The molecule has 0 saturated carbocycles. The van der Waals surface area contributed by atoms with Crippen molar-refractivity contribution in [3.8, 4) is 0 Å². The highest BCUT2D eigenvalue weighted by molar-refractivity contribution is 5.75. The zero-order chi connectivity index (χ0) is 12.1. The maximum absolute atomic E-state index is 12.3. The molecular formula is C10H13F2N3O. The second kappa shape index (κ2) is 5.39. The fraction of sp³-hybridized carbons (Fsp3) is 0.400. The maximum Gasteiger partial charge on any atom is 0.282 e. The van der Waals surface area contributed by atoms with Crippen LogP contribution in [0.15, 0.2) is 18.7 Å². The van der Waals surface area contributed by atoms with Crippen molar-refractivity contribution in [3.05, 3.63) is 30.1 Å². The molecule has 0 aromatic carbocycles. The van der Waals surface area contributed by atoms with Gasteiger partial charge in [0.1, 0.15) is 12.2 Å². The third-order valence-electron chi connectivity index (χ3n) is 1.96. The molecule has 0 atom stereocenters. The van der Waals surface area contributed by atoms with Gasteiger partial charge < -0.3 is 5.32 Å². The quantitative estimate of drug-likeness (QED) is 0.776. The van der Waals surface area contributed by atoms with Gasteiger partial charge in [-0.05, 0) is 13.0 Å². The normalized spacial score (nSPS) is 10.5. The number of hydrogen-bond donors (Lipinski definition) is 1. The molecule has 88 valence electrons. The second-order valence-corrected chi connectivity index (χ2v) is 3.26. The largest absolute Gasteiger partial charge is 0.351 e. The van der Waals surface area contributed by atoms with Crippen LogP contribution < -0.4 is 5.32 Å². The summed E-state index contributed by atoms with van der Waals surface area (Å²) in [6, 6.07) is 1.27. The monoisotopic (exact) mass is 229 g/mol. The lowest BCUT2D eigenvalue weighted by Gasteiger charge is -2.04. The van der Waals surface area contributed by atoms with Crippen molar-refractivity contribution in [1.29, 1.82) is 0 Å². The van der Waals surface area contributed by atoms with Gasteiger partial charge >= 0.3 is 0 Å². The first kappa shape index (κ1) is 12.4. The fourth-order valence-electron chi connectivity index (χ4n) is 1.18. The highest BCUT2D eigenvalue weighted by Gasteiger charge is 2.14. The molecule has 0 aliphatic carbocycles. The van der Waals surface area contributed by atoms with Crippen LogP contribution >= 0.6 is 0 Å². The van der Waals surface area contributed by atoms with E-state index in [-0.39, 0.29) is 18.1 Å². The summed E-state index contributed by atoms with van der Waals surface area (Å²) >= 11 is 0. The lowest BCUT2D eigenvalue weighted by Crippen LogP contribution is -2.28. The average Bonchev–Trinajstić information content (AvgIpc) is 2.57. The molecule has 0 unspecified atom stereocenters. The summed E-state index contributed by atoms with van der Waals surface area (Å²) < 4.78 is 25.9. The van der Waals surface area contributed by atoms with Gasteiger partial charge in [-0.15, -0.1) is 6.58 Å². The summed E-state index contributed by atoms with van der Waals surface area (Å²) in [5, 5.41) is 6.18. The standard InChI is InChI=1S/C10H13F2N3O/c1-3-4-13-9(16)6-15-7(2)5-8(14-15)10(11)12/h3,5,10H,1,4,6H2,2H3,(H,13,16).